The average Bonchev–Trinajstić information content (AvgIpc) is 2.81. The van der Waals surface area contributed by atoms with Crippen molar-refractivity contribution in [2.75, 3.05) is 6.61 Å². The lowest BCUT2D eigenvalue weighted by atomic mass is 10.1. The number of ether oxygens (including phenoxy) is 5. The normalized spacial score (nSPS) is 49.5. The molecule has 0 aromatic rings. The third-order valence-electron chi connectivity index (χ3n) is 3.46. The van der Waals surface area contributed by atoms with Crippen molar-refractivity contribution in [3.63, 3.8) is 0 Å². The van der Waals surface area contributed by atoms with Gasteiger partial charge in [-0.2, -0.15) is 0 Å². The molecule has 3 fully saturated rings. The number of hydrogen-bond acceptors (Lipinski definition) is 6. The van der Waals surface area contributed by atoms with Crippen LogP contribution in [0.3, 0.4) is 0 Å². The Morgan fingerprint density at radius 1 is 0.889 bits per heavy atom. The van der Waals surface area contributed by atoms with Crippen LogP contribution in [0, 0.1) is 0 Å². The van der Waals surface area contributed by atoms with Crippen molar-refractivity contribution in [1.29, 1.82) is 0 Å². The monoisotopic (exact) mass is 260 g/mol. The van der Waals surface area contributed by atoms with Crippen LogP contribution in [0.15, 0.2) is 0 Å². The molecule has 6 heteroatoms. The fraction of sp³-hybridized carbons (Fsp3) is 1.00. The van der Waals surface area contributed by atoms with Gasteiger partial charge >= 0.3 is 0 Å². The highest BCUT2D eigenvalue weighted by molar-refractivity contribution is 4.99. The maximum Gasteiger partial charge on any atom is 0.184 e. The molecule has 5 atom stereocenters. The Kier molecular flexibility index (Phi) is 2.75. The molecular formula is C12H20O6. The molecule has 0 aromatic carbocycles. The summed E-state index contributed by atoms with van der Waals surface area (Å²) in [5.74, 6) is -1.32. The summed E-state index contributed by atoms with van der Waals surface area (Å²) in [6.45, 7) is 7.78. The van der Waals surface area contributed by atoms with Crippen LogP contribution in [0.2, 0.25) is 0 Å². The number of aliphatic hydroxyl groups excluding tert-OH is 1. The molecule has 1 unspecified atom stereocenters. The largest absolute Gasteiger partial charge is 0.366 e. The zero-order chi connectivity index (χ0) is 13.1. The van der Waals surface area contributed by atoms with Gasteiger partial charge in [0, 0.05) is 0 Å². The second-order valence-electron chi connectivity index (χ2n) is 5.92. The van der Waals surface area contributed by atoms with E-state index in [9.17, 15) is 5.11 Å². The molecule has 0 saturated carbocycles. The smallest absolute Gasteiger partial charge is 0.184 e. The summed E-state index contributed by atoms with van der Waals surface area (Å²) < 4.78 is 28.2. The molecule has 0 aromatic heterocycles. The highest BCUT2D eigenvalue weighted by atomic mass is 16.8. The Bertz CT molecular complexity index is 341. The van der Waals surface area contributed by atoms with E-state index in [1.165, 1.54) is 0 Å². The first-order chi connectivity index (χ1) is 8.27. The molecule has 1 N–H and O–H groups in total. The van der Waals surface area contributed by atoms with E-state index in [1.807, 2.05) is 27.7 Å². The summed E-state index contributed by atoms with van der Waals surface area (Å²) in [6, 6.07) is 0. The fourth-order valence-electron chi connectivity index (χ4n) is 2.78. The summed E-state index contributed by atoms with van der Waals surface area (Å²) >= 11 is 0. The van der Waals surface area contributed by atoms with Crippen LogP contribution >= 0.6 is 0 Å². The van der Waals surface area contributed by atoms with Crippen LogP contribution in [-0.4, -0.2) is 54.0 Å². The fourth-order valence-corrected chi connectivity index (χ4v) is 2.78. The SMILES string of the molecule is CC1(C)O[C@H]2[C@H]([C@H]3COC(C)(C)O3)OC(O)[C@H]2O1. The molecule has 3 aliphatic rings. The average molecular weight is 260 g/mol. The molecule has 3 saturated heterocycles. The van der Waals surface area contributed by atoms with E-state index >= 15 is 0 Å². The summed E-state index contributed by atoms with van der Waals surface area (Å²) in [7, 11) is 0. The summed E-state index contributed by atoms with van der Waals surface area (Å²) in [5, 5.41) is 9.87. The quantitative estimate of drug-likeness (QED) is 0.735. The van der Waals surface area contributed by atoms with Gasteiger partial charge in [0.2, 0.25) is 0 Å². The molecule has 3 heterocycles. The predicted molar refractivity (Wildman–Crippen MR) is 59.6 cm³/mol. The molecule has 3 rings (SSSR count). The minimum absolute atomic E-state index is 0.248. The van der Waals surface area contributed by atoms with E-state index in [-0.39, 0.29) is 18.3 Å². The van der Waals surface area contributed by atoms with E-state index in [0.717, 1.165) is 0 Å². The zero-order valence-corrected chi connectivity index (χ0v) is 11.1. The number of fused-ring (bicyclic) bond motifs is 1. The standard InChI is InChI=1S/C12H20O6/c1-11(2)14-5-6(16-11)7-8-9(10(13)15-7)18-12(3,4)17-8/h6-10,13H,5H2,1-4H3/t6-,7+,8+,9+,10?/m1/s1. The highest BCUT2D eigenvalue weighted by Gasteiger charge is 2.58. The van der Waals surface area contributed by atoms with Crippen LogP contribution in [0.5, 0.6) is 0 Å². The molecular weight excluding hydrogens is 240 g/mol. The number of rotatable bonds is 1. The van der Waals surface area contributed by atoms with E-state index in [1.54, 1.807) is 0 Å². The van der Waals surface area contributed by atoms with Crippen LogP contribution in [0.25, 0.3) is 0 Å². The van der Waals surface area contributed by atoms with Crippen LogP contribution < -0.4 is 0 Å². The zero-order valence-electron chi connectivity index (χ0n) is 11.1. The molecule has 0 radical (unpaired) electrons. The lowest BCUT2D eigenvalue weighted by molar-refractivity contribution is -0.236. The minimum Gasteiger partial charge on any atom is -0.366 e. The van der Waals surface area contributed by atoms with E-state index in [4.69, 9.17) is 23.7 Å². The Hall–Kier alpha value is -0.240. The Morgan fingerprint density at radius 3 is 2.17 bits per heavy atom. The first-order valence-electron chi connectivity index (χ1n) is 6.28. The van der Waals surface area contributed by atoms with Crippen LogP contribution in [-0.2, 0) is 23.7 Å². The second-order valence-corrected chi connectivity index (χ2v) is 5.92. The molecule has 3 aliphatic heterocycles. The maximum absolute atomic E-state index is 9.87. The lowest BCUT2D eigenvalue weighted by Gasteiger charge is -2.26. The van der Waals surface area contributed by atoms with Gasteiger partial charge < -0.3 is 28.8 Å². The van der Waals surface area contributed by atoms with Crippen LogP contribution in [0.4, 0.5) is 0 Å². The van der Waals surface area contributed by atoms with Crippen molar-refractivity contribution < 1.29 is 28.8 Å². The highest BCUT2D eigenvalue weighted by Crippen LogP contribution is 2.41. The number of hydrogen-bond donors (Lipinski definition) is 1. The van der Waals surface area contributed by atoms with Gasteiger partial charge in [-0.1, -0.05) is 0 Å². The van der Waals surface area contributed by atoms with Gasteiger partial charge in [0.1, 0.15) is 24.4 Å². The number of aliphatic hydroxyl groups is 1. The molecule has 104 valence electrons. The van der Waals surface area contributed by atoms with Crippen molar-refractivity contribution in [2.24, 2.45) is 0 Å². The Balaban J connectivity index is 1.75. The topological polar surface area (TPSA) is 66.4 Å². The summed E-state index contributed by atoms with van der Waals surface area (Å²) in [5.41, 5.74) is 0. The third-order valence-corrected chi connectivity index (χ3v) is 3.46. The summed E-state index contributed by atoms with van der Waals surface area (Å²) in [4.78, 5) is 0. The predicted octanol–water partition coefficient (Wildman–Crippen LogP) is 0.375. The van der Waals surface area contributed by atoms with Crippen molar-refractivity contribution in [1.82, 2.24) is 0 Å². The van der Waals surface area contributed by atoms with Crippen molar-refractivity contribution >= 4 is 0 Å². The first kappa shape index (κ1) is 12.8. The van der Waals surface area contributed by atoms with Crippen molar-refractivity contribution in [3.8, 4) is 0 Å². The van der Waals surface area contributed by atoms with E-state index in [0.29, 0.717) is 6.61 Å². The second kappa shape index (κ2) is 3.88. The molecule has 0 spiro atoms. The first-order valence-corrected chi connectivity index (χ1v) is 6.28. The van der Waals surface area contributed by atoms with Crippen molar-refractivity contribution in [2.45, 2.75) is 70.0 Å². The summed E-state index contributed by atoms with van der Waals surface area (Å²) in [6.07, 6.45) is -2.38. The molecule has 18 heavy (non-hydrogen) atoms. The van der Waals surface area contributed by atoms with E-state index in [2.05, 4.69) is 0 Å². The molecule has 0 amide bonds. The molecule has 0 aliphatic carbocycles. The maximum atomic E-state index is 9.87. The minimum atomic E-state index is -0.978. The third kappa shape index (κ3) is 2.07. The Labute approximate surface area is 106 Å². The molecule has 0 bridgehead atoms. The molecule has 6 nitrogen and oxygen atoms in total. The van der Waals surface area contributed by atoms with Gasteiger partial charge in [0.25, 0.3) is 0 Å². The van der Waals surface area contributed by atoms with Gasteiger partial charge in [0.05, 0.1) is 6.61 Å². The van der Waals surface area contributed by atoms with Crippen LogP contribution in [0.1, 0.15) is 27.7 Å². The van der Waals surface area contributed by atoms with Crippen molar-refractivity contribution in [3.05, 3.63) is 0 Å². The van der Waals surface area contributed by atoms with E-state index < -0.39 is 24.0 Å². The van der Waals surface area contributed by atoms with Gasteiger partial charge in [-0.15, -0.1) is 0 Å². The Morgan fingerprint density at radius 2 is 1.56 bits per heavy atom. The van der Waals surface area contributed by atoms with Gasteiger partial charge in [-0.3, -0.25) is 0 Å². The van der Waals surface area contributed by atoms with Gasteiger partial charge in [0.15, 0.2) is 17.9 Å². The van der Waals surface area contributed by atoms with Gasteiger partial charge in [-0.25, -0.2) is 0 Å². The van der Waals surface area contributed by atoms with Gasteiger partial charge in [-0.05, 0) is 27.7 Å². The lowest BCUT2D eigenvalue weighted by Crippen LogP contribution is -2.40.